The number of imidazole rings is 1. The lowest BCUT2D eigenvalue weighted by Crippen LogP contribution is -2.28. The van der Waals surface area contributed by atoms with E-state index < -0.39 is 0 Å². The van der Waals surface area contributed by atoms with Gasteiger partial charge in [-0.05, 0) is 7.05 Å². The number of likely N-dealkylation sites (N-methyl/N-ethyl adjacent to an activating group) is 1. The van der Waals surface area contributed by atoms with Crippen molar-refractivity contribution in [3.8, 4) is 0 Å². The molecule has 0 spiro atoms. The molecule has 0 unspecified atom stereocenters. The van der Waals surface area contributed by atoms with E-state index in [1.54, 1.807) is 4.90 Å². The summed E-state index contributed by atoms with van der Waals surface area (Å²) >= 11 is 0. The molecule has 5 heteroatoms. The Morgan fingerprint density at radius 3 is 3.07 bits per heavy atom. The molecule has 1 aliphatic heterocycles. The molecule has 2 rings (SSSR count). The summed E-state index contributed by atoms with van der Waals surface area (Å²) < 4.78 is 2.08. The third-order valence-electron chi connectivity index (χ3n) is 2.68. The number of fused-ring (bicyclic) bond motifs is 1. The van der Waals surface area contributed by atoms with Gasteiger partial charge in [-0.2, -0.15) is 0 Å². The molecule has 1 aromatic heterocycles. The highest BCUT2D eigenvalue weighted by Gasteiger charge is 2.19. The lowest BCUT2D eigenvalue weighted by atomic mass is 10.4. The summed E-state index contributed by atoms with van der Waals surface area (Å²) in [5.74, 6) is 1.03. The Labute approximate surface area is 89.1 Å². The zero-order valence-corrected chi connectivity index (χ0v) is 9.16. The molecular formula is C10H16N4O. The maximum Gasteiger partial charge on any atom is 0.229 e. The van der Waals surface area contributed by atoms with E-state index in [1.165, 1.54) is 0 Å². The van der Waals surface area contributed by atoms with Crippen LogP contribution in [0.4, 0.5) is 0 Å². The van der Waals surface area contributed by atoms with Crippen LogP contribution >= 0.6 is 0 Å². The summed E-state index contributed by atoms with van der Waals surface area (Å²) in [4.78, 5) is 17.8. The first-order valence-electron chi connectivity index (χ1n) is 5.14. The van der Waals surface area contributed by atoms with Crippen molar-refractivity contribution in [2.75, 3.05) is 20.6 Å². The van der Waals surface area contributed by atoms with Crippen LogP contribution in [0.25, 0.3) is 0 Å². The minimum atomic E-state index is 0.148. The van der Waals surface area contributed by atoms with Gasteiger partial charge in [0.1, 0.15) is 5.82 Å². The molecule has 0 fully saturated rings. The summed E-state index contributed by atoms with van der Waals surface area (Å²) in [6.45, 7) is 2.36. The fraction of sp³-hybridized carbons (Fsp3) is 0.600. The van der Waals surface area contributed by atoms with E-state index in [0.29, 0.717) is 6.42 Å². The van der Waals surface area contributed by atoms with Gasteiger partial charge in [0.2, 0.25) is 5.91 Å². The fourth-order valence-corrected chi connectivity index (χ4v) is 1.77. The lowest BCUT2D eigenvalue weighted by molar-refractivity contribution is -0.128. The van der Waals surface area contributed by atoms with E-state index >= 15 is 0 Å². The first-order valence-corrected chi connectivity index (χ1v) is 5.14. The highest BCUT2D eigenvalue weighted by Crippen LogP contribution is 2.09. The number of nitrogens with zero attached hydrogens (tertiary/aromatic N) is 3. The molecule has 1 aromatic rings. The van der Waals surface area contributed by atoms with Gasteiger partial charge in [0.05, 0.1) is 12.1 Å². The van der Waals surface area contributed by atoms with Crippen molar-refractivity contribution in [1.29, 1.82) is 0 Å². The van der Waals surface area contributed by atoms with E-state index in [2.05, 4.69) is 14.9 Å². The monoisotopic (exact) mass is 208 g/mol. The van der Waals surface area contributed by atoms with Gasteiger partial charge in [-0.25, -0.2) is 4.98 Å². The number of nitrogens with one attached hydrogen (secondary N) is 1. The Morgan fingerprint density at radius 2 is 2.33 bits per heavy atom. The molecule has 0 aromatic carbocycles. The van der Waals surface area contributed by atoms with Gasteiger partial charge in [-0.15, -0.1) is 0 Å². The quantitative estimate of drug-likeness (QED) is 0.720. The van der Waals surface area contributed by atoms with Crippen LogP contribution in [-0.4, -0.2) is 41.0 Å². The van der Waals surface area contributed by atoms with Crippen LogP contribution in [-0.2, 0) is 24.3 Å². The van der Waals surface area contributed by atoms with Crippen molar-refractivity contribution in [2.24, 2.45) is 0 Å². The molecule has 0 bridgehead atoms. The Hall–Kier alpha value is -1.36. The van der Waals surface area contributed by atoms with Gasteiger partial charge in [0.25, 0.3) is 0 Å². The molecule has 0 radical (unpaired) electrons. The summed E-state index contributed by atoms with van der Waals surface area (Å²) in [5.41, 5.74) is 1.00. The fourth-order valence-electron chi connectivity index (χ4n) is 1.77. The van der Waals surface area contributed by atoms with E-state index in [0.717, 1.165) is 31.2 Å². The first kappa shape index (κ1) is 10.2. The maximum atomic E-state index is 11.6. The average Bonchev–Trinajstić information content (AvgIpc) is 2.52. The summed E-state index contributed by atoms with van der Waals surface area (Å²) in [7, 11) is 3.73. The third kappa shape index (κ3) is 2.02. The number of carbonyl (C=O) groups excluding carboxylic acids is 1. The largest absolute Gasteiger partial charge is 0.344 e. The minimum absolute atomic E-state index is 0.148. The van der Waals surface area contributed by atoms with Gasteiger partial charge >= 0.3 is 0 Å². The summed E-state index contributed by atoms with van der Waals surface area (Å²) in [6, 6.07) is 0. The second-order valence-corrected chi connectivity index (χ2v) is 3.86. The topological polar surface area (TPSA) is 50.2 Å². The highest BCUT2D eigenvalue weighted by molar-refractivity contribution is 5.78. The molecule has 15 heavy (non-hydrogen) atoms. The molecule has 1 N–H and O–H groups in total. The Kier molecular flexibility index (Phi) is 2.73. The number of hydrogen-bond acceptors (Lipinski definition) is 3. The molecule has 0 saturated carbocycles. The van der Waals surface area contributed by atoms with E-state index in [-0.39, 0.29) is 5.91 Å². The van der Waals surface area contributed by atoms with E-state index in [1.807, 2.05) is 20.3 Å². The van der Waals surface area contributed by atoms with E-state index in [4.69, 9.17) is 0 Å². The second-order valence-electron chi connectivity index (χ2n) is 3.86. The van der Waals surface area contributed by atoms with Crippen molar-refractivity contribution in [3.05, 3.63) is 17.7 Å². The summed E-state index contributed by atoms with van der Waals surface area (Å²) in [5, 5.41) is 3.06. The lowest BCUT2D eigenvalue weighted by Gasteiger charge is -2.12. The van der Waals surface area contributed by atoms with Crippen molar-refractivity contribution in [2.45, 2.75) is 19.5 Å². The van der Waals surface area contributed by atoms with Crippen LogP contribution in [0.3, 0.4) is 0 Å². The highest BCUT2D eigenvalue weighted by atomic mass is 16.2. The average molecular weight is 208 g/mol. The van der Waals surface area contributed by atoms with Crippen LogP contribution in [0.2, 0.25) is 0 Å². The van der Waals surface area contributed by atoms with Crippen LogP contribution < -0.4 is 5.32 Å². The Morgan fingerprint density at radius 1 is 1.53 bits per heavy atom. The Balaban J connectivity index is 2.22. The molecule has 5 nitrogen and oxygen atoms in total. The standard InChI is InChI=1S/C10H16N4O/c1-11-6-8-7-14-4-3-13(2)10(15)5-9(14)12-8/h7,11H,3-6H2,1-2H3. The smallest absolute Gasteiger partial charge is 0.229 e. The number of aromatic nitrogens is 2. The van der Waals surface area contributed by atoms with Gasteiger partial charge in [0, 0.05) is 32.9 Å². The minimum Gasteiger partial charge on any atom is -0.344 e. The molecule has 0 atom stereocenters. The van der Waals surface area contributed by atoms with Crippen LogP contribution in [0.5, 0.6) is 0 Å². The molecule has 0 saturated heterocycles. The third-order valence-corrected chi connectivity index (χ3v) is 2.68. The summed E-state index contributed by atoms with van der Waals surface area (Å²) in [6.07, 6.45) is 2.44. The van der Waals surface area contributed by atoms with Gasteiger partial charge in [-0.3, -0.25) is 4.79 Å². The predicted molar refractivity (Wildman–Crippen MR) is 56.3 cm³/mol. The van der Waals surface area contributed by atoms with Gasteiger partial charge in [0.15, 0.2) is 0 Å². The van der Waals surface area contributed by atoms with Crippen molar-refractivity contribution >= 4 is 5.91 Å². The van der Waals surface area contributed by atoms with Crippen LogP contribution in [0, 0.1) is 0 Å². The second kappa shape index (κ2) is 4.02. The van der Waals surface area contributed by atoms with Gasteiger partial charge in [-0.1, -0.05) is 0 Å². The Bertz CT molecular complexity index is 371. The zero-order chi connectivity index (χ0) is 10.8. The normalized spacial score (nSPS) is 16.4. The van der Waals surface area contributed by atoms with Crippen LogP contribution in [0.15, 0.2) is 6.20 Å². The SMILES string of the molecule is CNCc1cn2c(n1)CC(=O)N(C)CC2. The van der Waals surface area contributed by atoms with E-state index in [9.17, 15) is 4.79 Å². The number of rotatable bonds is 2. The molecular weight excluding hydrogens is 192 g/mol. The van der Waals surface area contributed by atoms with Crippen molar-refractivity contribution in [3.63, 3.8) is 0 Å². The van der Waals surface area contributed by atoms with Crippen molar-refractivity contribution in [1.82, 2.24) is 19.8 Å². The first-order chi connectivity index (χ1) is 7.20. The molecule has 2 heterocycles. The number of carbonyl (C=O) groups is 1. The molecule has 1 aliphatic rings. The predicted octanol–water partition coefficient (Wildman–Crippen LogP) is -0.383. The maximum absolute atomic E-state index is 11.6. The number of hydrogen-bond donors (Lipinski definition) is 1. The molecule has 82 valence electrons. The zero-order valence-electron chi connectivity index (χ0n) is 9.16. The molecule has 1 amide bonds. The number of amides is 1. The molecule has 0 aliphatic carbocycles. The van der Waals surface area contributed by atoms with Crippen LogP contribution in [0.1, 0.15) is 11.5 Å². The van der Waals surface area contributed by atoms with Gasteiger partial charge < -0.3 is 14.8 Å². The van der Waals surface area contributed by atoms with Crippen molar-refractivity contribution < 1.29 is 4.79 Å².